The summed E-state index contributed by atoms with van der Waals surface area (Å²) in [7, 11) is 0. The van der Waals surface area contributed by atoms with E-state index in [2.05, 4.69) is 15.9 Å². The maximum atomic E-state index is 13.4. The molecule has 0 saturated heterocycles. The van der Waals surface area contributed by atoms with Gasteiger partial charge in [0.2, 0.25) is 0 Å². The minimum atomic E-state index is -0.181. The SMILES string of the molecule is Fc1c(Br)cc2ccccc2c1I. The molecule has 66 valence electrons. The highest BCUT2D eigenvalue weighted by Gasteiger charge is 2.08. The molecule has 0 fully saturated rings. The Kier molecular flexibility index (Phi) is 2.55. The molecule has 0 aliphatic rings. The van der Waals surface area contributed by atoms with Gasteiger partial charge < -0.3 is 0 Å². The van der Waals surface area contributed by atoms with Crippen molar-refractivity contribution in [2.24, 2.45) is 0 Å². The first-order chi connectivity index (χ1) is 6.20. The molecule has 0 aliphatic heterocycles. The van der Waals surface area contributed by atoms with Crippen molar-refractivity contribution in [1.82, 2.24) is 0 Å². The molecule has 0 atom stereocenters. The molecule has 0 spiro atoms. The van der Waals surface area contributed by atoms with Crippen molar-refractivity contribution in [1.29, 1.82) is 0 Å². The third-order valence-corrected chi connectivity index (χ3v) is 3.51. The van der Waals surface area contributed by atoms with Gasteiger partial charge in [-0.25, -0.2) is 4.39 Å². The van der Waals surface area contributed by atoms with E-state index in [1.54, 1.807) is 6.07 Å². The second-order valence-corrected chi connectivity index (χ2v) is 4.64. The van der Waals surface area contributed by atoms with Crippen LogP contribution in [0.15, 0.2) is 34.8 Å². The van der Waals surface area contributed by atoms with E-state index in [1.807, 2.05) is 46.9 Å². The maximum absolute atomic E-state index is 13.4. The Morgan fingerprint density at radius 2 is 1.92 bits per heavy atom. The van der Waals surface area contributed by atoms with Crippen LogP contribution >= 0.6 is 38.5 Å². The number of fused-ring (bicyclic) bond motifs is 1. The predicted molar refractivity (Wildman–Crippen MR) is 64.3 cm³/mol. The second kappa shape index (κ2) is 3.53. The molecule has 2 aromatic rings. The standard InChI is InChI=1S/C10H5BrFI/c11-8-5-6-3-1-2-4-7(6)10(13)9(8)12/h1-5H. The first-order valence-electron chi connectivity index (χ1n) is 3.72. The molecule has 13 heavy (non-hydrogen) atoms. The minimum absolute atomic E-state index is 0.181. The average molecular weight is 351 g/mol. The number of halogens is 3. The van der Waals surface area contributed by atoms with Crippen LogP contribution in [0.4, 0.5) is 4.39 Å². The van der Waals surface area contributed by atoms with Crippen LogP contribution in [0.3, 0.4) is 0 Å². The summed E-state index contributed by atoms with van der Waals surface area (Å²) in [4.78, 5) is 0. The van der Waals surface area contributed by atoms with Gasteiger partial charge in [0.05, 0.1) is 8.04 Å². The van der Waals surface area contributed by atoms with E-state index in [4.69, 9.17) is 0 Å². The lowest BCUT2D eigenvalue weighted by atomic mass is 10.1. The highest BCUT2D eigenvalue weighted by Crippen LogP contribution is 2.28. The fraction of sp³-hybridized carbons (Fsp3) is 0. The topological polar surface area (TPSA) is 0 Å². The average Bonchev–Trinajstić information content (AvgIpc) is 2.15. The van der Waals surface area contributed by atoms with Crippen molar-refractivity contribution in [2.45, 2.75) is 0 Å². The molecule has 0 N–H and O–H groups in total. The Labute approximate surface area is 97.4 Å². The normalized spacial score (nSPS) is 10.7. The Balaban J connectivity index is 2.94. The summed E-state index contributed by atoms with van der Waals surface area (Å²) in [5.74, 6) is -0.181. The Morgan fingerprint density at radius 1 is 1.23 bits per heavy atom. The number of benzene rings is 2. The molecule has 2 aromatic carbocycles. The molecule has 0 aromatic heterocycles. The van der Waals surface area contributed by atoms with E-state index in [0.29, 0.717) is 8.04 Å². The Morgan fingerprint density at radius 3 is 2.69 bits per heavy atom. The lowest BCUT2D eigenvalue weighted by Gasteiger charge is -2.03. The minimum Gasteiger partial charge on any atom is -0.205 e. The van der Waals surface area contributed by atoms with Gasteiger partial charge in [-0.2, -0.15) is 0 Å². The van der Waals surface area contributed by atoms with Crippen molar-refractivity contribution in [2.75, 3.05) is 0 Å². The fourth-order valence-corrected chi connectivity index (χ4v) is 2.84. The molecular formula is C10H5BrFI. The maximum Gasteiger partial charge on any atom is 0.151 e. The predicted octanol–water partition coefficient (Wildman–Crippen LogP) is 4.35. The van der Waals surface area contributed by atoms with Gasteiger partial charge in [0.1, 0.15) is 0 Å². The molecule has 0 amide bonds. The van der Waals surface area contributed by atoms with Crippen LogP contribution in [-0.2, 0) is 0 Å². The number of hydrogen-bond acceptors (Lipinski definition) is 0. The summed E-state index contributed by atoms with van der Waals surface area (Å²) in [6.07, 6.45) is 0. The first kappa shape index (κ1) is 9.40. The van der Waals surface area contributed by atoms with E-state index in [0.717, 1.165) is 10.8 Å². The molecule has 2 rings (SSSR count). The first-order valence-corrected chi connectivity index (χ1v) is 5.59. The smallest absolute Gasteiger partial charge is 0.151 e. The molecule has 0 unspecified atom stereocenters. The zero-order chi connectivity index (χ0) is 9.42. The molecule has 0 bridgehead atoms. The van der Waals surface area contributed by atoms with Crippen molar-refractivity contribution in [3.05, 3.63) is 44.2 Å². The van der Waals surface area contributed by atoms with Crippen LogP contribution in [-0.4, -0.2) is 0 Å². The number of rotatable bonds is 0. The molecular weight excluding hydrogens is 346 g/mol. The quantitative estimate of drug-likeness (QED) is 0.489. The van der Waals surface area contributed by atoms with Crippen molar-refractivity contribution in [3.63, 3.8) is 0 Å². The van der Waals surface area contributed by atoms with Gasteiger partial charge in [-0.3, -0.25) is 0 Å². The third-order valence-electron chi connectivity index (χ3n) is 1.88. The summed E-state index contributed by atoms with van der Waals surface area (Å²) < 4.78 is 14.6. The second-order valence-electron chi connectivity index (χ2n) is 2.71. The summed E-state index contributed by atoms with van der Waals surface area (Å²) in [6, 6.07) is 9.56. The largest absolute Gasteiger partial charge is 0.205 e. The summed E-state index contributed by atoms with van der Waals surface area (Å²) in [5.41, 5.74) is 0. The van der Waals surface area contributed by atoms with Crippen LogP contribution in [0.25, 0.3) is 10.8 Å². The van der Waals surface area contributed by atoms with Crippen LogP contribution < -0.4 is 0 Å². The van der Waals surface area contributed by atoms with E-state index in [9.17, 15) is 4.39 Å². The van der Waals surface area contributed by atoms with Gasteiger partial charge >= 0.3 is 0 Å². The molecule has 0 saturated carbocycles. The summed E-state index contributed by atoms with van der Waals surface area (Å²) in [5, 5.41) is 2.02. The highest BCUT2D eigenvalue weighted by atomic mass is 127. The van der Waals surface area contributed by atoms with E-state index < -0.39 is 0 Å². The molecule has 0 aliphatic carbocycles. The lowest BCUT2D eigenvalue weighted by molar-refractivity contribution is 0.616. The van der Waals surface area contributed by atoms with E-state index in [-0.39, 0.29) is 5.82 Å². The van der Waals surface area contributed by atoms with Crippen LogP contribution in [0, 0.1) is 9.39 Å². The lowest BCUT2D eigenvalue weighted by Crippen LogP contribution is -1.86. The van der Waals surface area contributed by atoms with Crippen LogP contribution in [0.5, 0.6) is 0 Å². The van der Waals surface area contributed by atoms with Crippen molar-refractivity contribution in [3.8, 4) is 0 Å². The zero-order valence-electron chi connectivity index (χ0n) is 6.52. The summed E-state index contributed by atoms with van der Waals surface area (Å²) >= 11 is 5.21. The Bertz CT molecular complexity index is 468. The Hall–Kier alpha value is -0.160. The number of hydrogen-bond donors (Lipinski definition) is 0. The monoisotopic (exact) mass is 350 g/mol. The van der Waals surface area contributed by atoms with Crippen LogP contribution in [0.2, 0.25) is 0 Å². The zero-order valence-corrected chi connectivity index (χ0v) is 10.3. The molecule has 0 radical (unpaired) electrons. The van der Waals surface area contributed by atoms with Gasteiger partial charge in [0.15, 0.2) is 5.82 Å². The van der Waals surface area contributed by atoms with E-state index >= 15 is 0 Å². The van der Waals surface area contributed by atoms with Gasteiger partial charge in [-0.1, -0.05) is 24.3 Å². The molecule has 0 heterocycles. The van der Waals surface area contributed by atoms with Crippen molar-refractivity contribution < 1.29 is 4.39 Å². The molecule has 0 nitrogen and oxygen atoms in total. The molecule has 3 heteroatoms. The van der Waals surface area contributed by atoms with Gasteiger partial charge in [0.25, 0.3) is 0 Å². The van der Waals surface area contributed by atoms with Crippen LogP contribution in [0.1, 0.15) is 0 Å². The van der Waals surface area contributed by atoms with Gasteiger partial charge in [0, 0.05) is 0 Å². The highest BCUT2D eigenvalue weighted by molar-refractivity contribution is 14.1. The fourth-order valence-electron chi connectivity index (χ4n) is 1.25. The van der Waals surface area contributed by atoms with Crippen molar-refractivity contribution >= 4 is 49.3 Å². The van der Waals surface area contributed by atoms with Gasteiger partial charge in [-0.15, -0.1) is 0 Å². The summed E-state index contributed by atoms with van der Waals surface area (Å²) in [6.45, 7) is 0. The van der Waals surface area contributed by atoms with E-state index in [1.165, 1.54) is 0 Å². The third kappa shape index (κ3) is 1.59. The van der Waals surface area contributed by atoms with Gasteiger partial charge in [-0.05, 0) is 55.4 Å².